The van der Waals surface area contributed by atoms with Crippen molar-refractivity contribution >= 4 is 17.2 Å². The molecule has 1 aliphatic rings. The largest absolute Gasteiger partial charge is 0.343 e. The second kappa shape index (κ2) is 8.48. The van der Waals surface area contributed by atoms with Crippen molar-refractivity contribution in [3.05, 3.63) is 70.7 Å². The summed E-state index contributed by atoms with van der Waals surface area (Å²) in [5, 5.41) is 2.07. The topological polar surface area (TPSA) is 51.0 Å². The predicted octanol–water partition coefficient (Wildman–Crippen LogP) is 3.73. The Bertz CT molecular complexity index is 851. The first-order valence-electron chi connectivity index (χ1n) is 9.49. The lowest BCUT2D eigenvalue weighted by Crippen LogP contribution is -2.38. The van der Waals surface area contributed by atoms with Gasteiger partial charge in [0.2, 0.25) is 5.91 Å². The standard InChI is InChI=1S/C21H24N4OS/c26-20(6-5-19-4-2-14-27-19)24-11-7-18(8-12-24)21-23-10-13-25(21)16-17-3-1-9-22-15-17/h1-4,9-10,13-15,18H,5-8,11-12,16H2. The van der Waals surface area contributed by atoms with Crippen molar-refractivity contribution < 1.29 is 4.79 Å². The molecule has 0 unspecified atom stereocenters. The zero-order valence-corrected chi connectivity index (χ0v) is 16.1. The molecule has 6 heteroatoms. The average molecular weight is 381 g/mol. The molecule has 0 aliphatic carbocycles. The van der Waals surface area contributed by atoms with Gasteiger partial charge in [-0.15, -0.1) is 11.3 Å². The van der Waals surface area contributed by atoms with Gasteiger partial charge < -0.3 is 9.47 Å². The fourth-order valence-corrected chi connectivity index (χ4v) is 4.44. The molecule has 0 N–H and O–H groups in total. The monoisotopic (exact) mass is 380 g/mol. The number of nitrogens with zero attached hydrogens (tertiary/aromatic N) is 4. The van der Waals surface area contributed by atoms with Crippen LogP contribution in [0.2, 0.25) is 0 Å². The number of pyridine rings is 1. The summed E-state index contributed by atoms with van der Waals surface area (Å²) in [5.41, 5.74) is 1.18. The summed E-state index contributed by atoms with van der Waals surface area (Å²) < 4.78 is 2.22. The van der Waals surface area contributed by atoms with Crippen LogP contribution >= 0.6 is 11.3 Å². The van der Waals surface area contributed by atoms with Crippen LogP contribution in [0.1, 0.15) is 41.4 Å². The Hall–Kier alpha value is -2.47. The van der Waals surface area contributed by atoms with Gasteiger partial charge in [0, 0.05) is 55.1 Å². The number of rotatable bonds is 6. The van der Waals surface area contributed by atoms with Crippen molar-refractivity contribution in [2.45, 2.75) is 38.1 Å². The number of thiophene rings is 1. The molecule has 3 aromatic rings. The number of carbonyl (C=O) groups excluding carboxylic acids is 1. The van der Waals surface area contributed by atoms with Crippen LogP contribution in [0.15, 0.2) is 54.4 Å². The maximum absolute atomic E-state index is 12.5. The minimum absolute atomic E-state index is 0.278. The molecule has 3 aromatic heterocycles. The number of piperidine rings is 1. The highest BCUT2D eigenvalue weighted by Gasteiger charge is 2.26. The van der Waals surface area contributed by atoms with Gasteiger partial charge >= 0.3 is 0 Å². The van der Waals surface area contributed by atoms with Crippen LogP contribution in [0.4, 0.5) is 0 Å². The van der Waals surface area contributed by atoms with Gasteiger partial charge in [0.1, 0.15) is 5.82 Å². The van der Waals surface area contributed by atoms with Gasteiger partial charge in [-0.2, -0.15) is 0 Å². The van der Waals surface area contributed by atoms with Crippen LogP contribution in [0, 0.1) is 0 Å². The first-order valence-corrected chi connectivity index (χ1v) is 10.4. The van der Waals surface area contributed by atoms with Gasteiger partial charge in [0.15, 0.2) is 0 Å². The normalized spacial score (nSPS) is 15.2. The quantitative estimate of drug-likeness (QED) is 0.655. The van der Waals surface area contributed by atoms with E-state index >= 15 is 0 Å². The molecule has 0 saturated carbocycles. The molecule has 1 fully saturated rings. The summed E-state index contributed by atoms with van der Waals surface area (Å²) in [6.45, 7) is 2.45. The zero-order valence-electron chi connectivity index (χ0n) is 15.3. The predicted molar refractivity (Wildman–Crippen MR) is 107 cm³/mol. The second-order valence-electron chi connectivity index (χ2n) is 7.01. The molecule has 4 heterocycles. The van der Waals surface area contributed by atoms with E-state index in [1.807, 2.05) is 35.6 Å². The van der Waals surface area contributed by atoms with Crippen LogP contribution < -0.4 is 0 Å². The summed E-state index contributed by atoms with van der Waals surface area (Å²) in [5.74, 6) is 1.82. The zero-order chi connectivity index (χ0) is 18.5. The van der Waals surface area contributed by atoms with E-state index in [1.54, 1.807) is 17.5 Å². The molecule has 1 saturated heterocycles. The molecule has 0 aromatic carbocycles. The van der Waals surface area contributed by atoms with Crippen molar-refractivity contribution in [1.82, 2.24) is 19.4 Å². The first kappa shape index (κ1) is 17.9. The average Bonchev–Trinajstić information content (AvgIpc) is 3.39. The van der Waals surface area contributed by atoms with Crippen LogP contribution in [0.3, 0.4) is 0 Å². The molecule has 1 amide bonds. The van der Waals surface area contributed by atoms with Crippen molar-refractivity contribution in [3.63, 3.8) is 0 Å². The van der Waals surface area contributed by atoms with E-state index < -0.39 is 0 Å². The molecule has 5 nitrogen and oxygen atoms in total. The number of likely N-dealkylation sites (tertiary alicyclic amines) is 1. The molecule has 0 spiro atoms. The summed E-state index contributed by atoms with van der Waals surface area (Å²) in [6.07, 6.45) is 11.0. The lowest BCUT2D eigenvalue weighted by atomic mass is 9.95. The van der Waals surface area contributed by atoms with Crippen molar-refractivity contribution in [3.8, 4) is 0 Å². The van der Waals surface area contributed by atoms with Crippen LogP contribution in [0.5, 0.6) is 0 Å². The van der Waals surface area contributed by atoms with E-state index in [2.05, 4.69) is 32.0 Å². The molecule has 4 rings (SSSR count). The van der Waals surface area contributed by atoms with Gasteiger partial charge in [-0.25, -0.2) is 4.98 Å². The molecule has 1 aliphatic heterocycles. The third-order valence-electron chi connectivity index (χ3n) is 5.20. The number of aryl methyl sites for hydroxylation is 1. The number of imidazole rings is 1. The van der Waals surface area contributed by atoms with Gasteiger partial charge in [-0.05, 0) is 42.3 Å². The molecule has 27 heavy (non-hydrogen) atoms. The van der Waals surface area contributed by atoms with Crippen molar-refractivity contribution in [2.24, 2.45) is 0 Å². The third kappa shape index (κ3) is 4.45. The highest BCUT2D eigenvalue weighted by atomic mass is 32.1. The smallest absolute Gasteiger partial charge is 0.222 e. The van der Waals surface area contributed by atoms with Crippen LogP contribution in [-0.2, 0) is 17.8 Å². The van der Waals surface area contributed by atoms with Gasteiger partial charge in [-0.3, -0.25) is 9.78 Å². The maximum Gasteiger partial charge on any atom is 0.222 e. The Morgan fingerprint density at radius 2 is 2.07 bits per heavy atom. The fraction of sp³-hybridized carbons (Fsp3) is 0.381. The lowest BCUT2D eigenvalue weighted by Gasteiger charge is -2.32. The Labute approximate surface area is 163 Å². The van der Waals surface area contributed by atoms with Crippen LogP contribution in [-0.4, -0.2) is 38.4 Å². The van der Waals surface area contributed by atoms with E-state index in [0.717, 1.165) is 44.7 Å². The molecular weight excluding hydrogens is 356 g/mol. The summed E-state index contributed by atoms with van der Waals surface area (Å²) in [4.78, 5) is 24.6. The van der Waals surface area contributed by atoms with E-state index in [1.165, 1.54) is 10.4 Å². The highest BCUT2D eigenvalue weighted by Crippen LogP contribution is 2.28. The van der Waals surface area contributed by atoms with Crippen molar-refractivity contribution in [2.75, 3.05) is 13.1 Å². The Morgan fingerprint density at radius 3 is 2.81 bits per heavy atom. The number of hydrogen-bond donors (Lipinski definition) is 0. The summed E-state index contributed by atoms with van der Waals surface area (Å²) in [6, 6.07) is 8.20. The molecule has 0 radical (unpaired) electrons. The number of aromatic nitrogens is 3. The number of carbonyl (C=O) groups is 1. The lowest BCUT2D eigenvalue weighted by molar-refractivity contribution is -0.132. The Balaban J connectivity index is 1.32. The summed E-state index contributed by atoms with van der Waals surface area (Å²) >= 11 is 1.73. The number of hydrogen-bond acceptors (Lipinski definition) is 4. The van der Waals surface area contributed by atoms with Crippen molar-refractivity contribution in [1.29, 1.82) is 0 Å². The second-order valence-corrected chi connectivity index (χ2v) is 8.04. The fourth-order valence-electron chi connectivity index (χ4n) is 3.73. The molecule has 0 atom stereocenters. The van der Waals surface area contributed by atoms with E-state index in [9.17, 15) is 4.79 Å². The Morgan fingerprint density at radius 1 is 1.19 bits per heavy atom. The van der Waals surface area contributed by atoms with Gasteiger partial charge in [0.25, 0.3) is 0 Å². The maximum atomic E-state index is 12.5. The molecule has 0 bridgehead atoms. The number of amides is 1. The van der Waals surface area contributed by atoms with Gasteiger partial charge in [0.05, 0.1) is 6.54 Å². The van der Waals surface area contributed by atoms with Crippen LogP contribution in [0.25, 0.3) is 0 Å². The Kier molecular flexibility index (Phi) is 5.63. The first-order chi connectivity index (χ1) is 13.3. The van der Waals surface area contributed by atoms with E-state index in [4.69, 9.17) is 0 Å². The SMILES string of the molecule is O=C(CCc1cccs1)N1CCC(c2nccn2Cc2cccnc2)CC1. The molecule has 140 valence electrons. The minimum Gasteiger partial charge on any atom is -0.343 e. The van der Waals surface area contributed by atoms with E-state index in [-0.39, 0.29) is 5.91 Å². The molecular formula is C21H24N4OS. The highest BCUT2D eigenvalue weighted by molar-refractivity contribution is 7.09. The summed E-state index contributed by atoms with van der Waals surface area (Å²) in [7, 11) is 0. The third-order valence-corrected chi connectivity index (χ3v) is 6.14. The van der Waals surface area contributed by atoms with E-state index in [0.29, 0.717) is 12.3 Å². The van der Waals surface area contributed by atoms with Gasteiger partial charge in [-0.1, -0.05) is 12.1 Å². The minimum atomic E-state index is 0.278.